The Morgan fingerprint density at radius 2 is 2.06 bits per heavy atom. The van der Waals surface area contributed by atoms with E-state index < -0.39 is 5.91 Å². The van der Waals surface area contributed by atoms with Crippen LogP contribution in [0, 0.1) is 0 Å². The second-order valence-electron chi connectivity index (χ2n) is 3.64. The largest absolute Gasteiger partial charge is 0.397 e. The number of hydrogen-bond acceptors (Lipinski definition) is 4. The lowest BCUT2D eigenvalue weighted by Gasteiger charge is -2.22. The van der Waals surface area contributed by atoms with Crippen LogP contribution in [0.25, 0.3) is 0 Å². The molecule has 6 heteroatoms. The van der Waals surface area contributed by atoms with Gasteiger partial charge in [0.1, 0.15) is 0 Å². The molecule has 0 radical (unpaired) electrons. The van der Waals surface area contributed by atoms with Gasteiger partial charge < -0.3 is 21.7 Å². The summed E-state index contributed by atoms with van der Waals surface area (Å²) < 4.78 is 0. The average Bonchev–Trinajstić information content (AvgIpc) is 2.28. The average molecular weight is 236 g/mol. The molecule has 0 unspecified atom stereocenters. The van der Waals surface area contributed by atoms with E-state index in [0.717, 1.165) is 0 Å². The number of carbonyl (C=O) groups is 2. The molecule has 0 atom stereocenters. The number of nitrogens with one attached hydrogen (secondary N) is 1. The van der Waals surface area contributed by atoms with Crippen LogP contribution in [0.1, 0.15) is 10.4 Å². The highest BCUT2D eigenvalue weighted by Crippen LogP contribution is 2.26. The molecule has 92 valence electrons. The molecule has 0 spiro atoms. The van der Waals surface area contributed by atoms with Crippen molar-refractivity contribution in [1.29, 1.82) is 0 Å². The molecule has 0 aromatic heterocycles. The molecule has 0 aliphatic heterocycles. The molecule has 0 fully saturated rings. The predicted molar refractivity (Wildman–Crippen MR) is 66.7 cm³/mol. The molecule has 5 N–H and O–H groups in total. The number of anilines is 2. The van der Waals surface area contributed by atoms with Gasteiger partial charge in [-0.15, -0.1) is 0 Å². The summed E-state index contributed by atoms with van der Waals surface area (Å²) in [4.78, 5) is 24.1. The second-order valence-corrected chi connectivity index (χ2v) is 3.64. The van der Waals surface area contributed by atoms with Crippen LogP contribution in [0.15, 0.2) is 18.2 Å². The molecule has 0 aliphatic carbocycles. The minimum Gasteiger partial charge on any atom is -0.397 e. The summed E-state index contributed by atoms with van der Waals surface area (Å²) in [6.07, 6.45) is 0. The summed E-state index contributed by atoms with van der Waals surface area (Å²) in [5.41, 5.74) is 12.2. The van der Waals surface area contributed by atoms with E-state index in [1.54, 1.807) is 37.2 Å². The highest BCUT2D eigenvalue weighted by Gasteiger charge is 2.16. The summed E-state index contributed by atoms with van der Waals surface area (Å²) >= 11 is 0. The molecule has 0 saturated heterocycles. The fourth-order valence-electron chi connectivity index (χ4n) is 1.56. The van der Waals surface area contributed by atoms with Crippen LogP contribution in [0.3, 0.4) is 0 Å². The fraction of sp³-hybridized carbons (Fsp3) is 0.273. The Morgan fingerprint density at radius 3 is 2.59 bits per heavy atom. The van der Waals surface area contributed by atoms with Gasteiger partial charge in [-0.25, -0.2) is 0 Å². The lowest BCUT2D eigenvalue weighted by molar-refractivity contribution is -0.119. The molecule has 2 amide bonds. The number of amides is 2. The highest BCUT2D eigenvalue weighted by molar-refractivity contribution is 6.02. The first-order valence-corrected chi connectivity index (χ1v) is 5.07. The van der Waals surface area contributed by atoms with Gasteiger partial charge in [0, 0.05) is 14.1 Å². The third kappa shape index (κ3) is 2.87. The van der Waals surface area contributed by atoms with Gasteiger partial charge in [-0.05, 0) is 12.1 Å². The zero-order chi connectivity index (χ0) is 13.0. The minimum absolute atomic E-state index is 0.102. The SMILES string of the molecule is CNC(=O)CN(C)c1c(N)cccc1C(N)=O. The van der Waals surface area contributed by atoms with Gasteiger partial charge in [0.15, 0.2) is 0 Å². The zero-order valence-electron chi connectivity index (χ0n) is 9.86. The number of para-hydroxylation sites is 1. The normalized spacial score (nSPS) is 9.76. The number of rotatable bonds is 4. The smallest absolute Gasteiger partial charge is 0.250 e. The van der Waals surface area contributed by atoms with Crippen molar-refractivity contribution in [1.82, 2.24) is 5.32 Å². The van der Waals surface area contributed by atoms with Gasteiger partial charge in [0.05, 0.1) is 23.5 Å². The van der Waals surface area contributed by atoms with Crippen LogP contribution in [0.2, 0.25) is 0 Å². The Balaban J connectivity index is 3.11. The van der Waals surface area contributed by atoms with E-state index in [0.29, 0.717) is 16.9 Å². The van der Waals surface area contributed by atoms with Crippen molar-refractivity contribution in [3.8, 4) is 0 Å². The van der Waals surface area contributed by atoms with Gasteiger partial charge >= 0.3 is 0 Å². The van der Waals surface area contributed by atoms with Crippen molar-refractivity contribution < 1.29 is 9.59 Å². The first-order chi connectivity index (χ1) is 7.97. The molecule has 0 aliphatic rings. The molecular formula is C11H16N4O2. The number of nitrogens with zero attached hydrogens (tertiary/aromatic N) is 1. The summed E-state index contributed by atoms with van der Waals surface area (Å²) in [6.45, 7) is 0.102. The van der Waals surface area contributed by atoms with Gasteiger partial charge in [0.2, 0.25) is 5.91 Å². The number of likely N-dealkylation sites (N-methyl/N-ethyl adjacent to an activating group) is 2. The molecular weight excluding hydrogens is 220 g/mol. The lowest BCUT2D eigenvalue weighted by Crippen LogP contribution is -2.34. The summed E-state index contributed by atoms with van der Waals surface area (Å²) in [5, 5.41) is 2.50. The van der Waals surface area contributed by atoms with Crippen molar-refractivity contribution in [2.75, 3.05) is 31.3 Å². The quantitative estimate of drug-likeness (QED) is 0.616. The van der Waals surface area contributed by atoms with E-state index >= 15 is 0 Å². The summed E-state index contributed by atoms with van der Waals surface area (Å²) in [7, 11) is 3.22. The van der Waals surface area contributed by atoms with Crippen LogP contribution in [0.5, 0.6) is 0 Å². The van der Waals surface area contributed by atoms with Gasteiger partial charge in [-0.3, -0.25) is 9.59 Å². The first kappa shape index (κ1) is 12.8. The zero-order valence-corrected chi connectivity index (χ0v) is 9.86. The van der Waals surface area contributed by atoms with E-state index in [-0.39, 0.29) is 12.5 Å². The Labute approximate surface area is 99.6 Å². The van der Waals surface area contributed by atoms with E-state index in [2.05, 4.69) is 5.32 Å². The van der Waals surface area contributed by atoms with E-state index in [1.165, 1.54) is 0 Å². The van der Waals surface area contributed by atoms with Crippen LogP contribution in [-0.4, -0.2) is 32.5 Å². The van der Waals surface area contributed by atoms with Crippen LogP contribution < -0.4 is 21.7 Å². The van der Waals surface area contributed by atoms with Crippen molar-refractivity contribution in [3.63, 3.8) is 0 Å². The molecule has 6 nitrogen and oxygen atoms in total. The van der Waals surface area contributed by atoms with Crippen molar-refractivity contribution >= 4 is 23.2 Å². The van der Waals surface area contributed by atoms with E-state index in [9.17, 15) is 9.59 Å². The summed E-state index contributed by atoms with van der Waals surface area (Å²) in [5.74, 6) is -0.748. The fourth-order valence-corrected chi connectivity index (χ4v) is 1.56. The molecule has 1 aromatic carbocycles. The first-order valence-electron chi connectivity index (χ1n) is 5.07. The maximum Gasteiger partial charge on any atom is 0.250 e. The topological polar surface area (TPSA) is 101 Å². The second kappa shape index (κ2) is 5.20. The molecule has 0 bridgehead atoms. The third-order valence-electron chi connectivity index (χ3n) is 2.37. The van der Waals surface area contributed by atoms with Crippen molar-refractivity contribution in [3.05, 3.63) is 23.8 Å². The molecule has 1 aromatic rings. The predicted octanol–water partition coefficient (Wildman–Crippen LogP) is -0.450. The van der Waals surface area contributed by atoms with Gasteiger partial charge in [0.25, 0.3) is 5.91 Å². The number of benzene rings is 1. The maximum atomic E-state index is 11.3. The molecule has 0 saturated carbocycles. The number of carbonyl (C=O) groups excluding carboxylic acids is 2. The van der Waals surface area contributed by atoms with Crippen LogP contribution in [0.4, 0.5) is 11.4 Å². The number of primary amides is 1. The van der Waals surface area contributed by atoms with Crippen LogP contribution >= 0.6 is 0 Å². The Morgan fingerprint density at radius 1 is 1.41 bits per heavy atom. The Hall–Kier alpha value is -2.24. The highest BCUT2D eigenvalue weighted by atomic mass is 16.2. The third-order valence-corrected chi connectivity index (χ3v) is 2.37. The standard InChI is InChI=1S/C11H16N4O2/c1-14-9(16)6-15(2)10-7(11(13)17)4-3-5-8(10)12/h3-5H,6,12H2,1-2H3,(H2,13,17)(H,14,16). The van der Waals surface area contributed by atoms with Crippen LogP contribution in [-0.2, 0) is 4.79 Å². The Kier molecular flexibility index (Phi) is 3.92. The lowest BCUT2D eigenvalue weighted by atomic mass is 10.1. The van der Waals surface area contributed by atoms with E-state index in [1.807, 2.05) is 0 Å². The molecule has 1 rings (SSSR count). The number of nitrogens with two attached hydrogens (primary N) is 2. The molecule has 17 heavy (non-hydrogen) atoms. The molecule has 0 heterocycles. The van der Waals surface area contributed by atoms with Crippen molar-refractivity contribution in [2.24, 2.45) is 5.73 Å². The van der Waals surface area contributed by atoms with Crippen molar-refractivity contribution in [2.45, 2.75) is 0 Å². The number of nitrogen functional groups attached to an aromatic ring is 1. The van der Waals surface area contributed by atoms with E-state index in [4.69, 9.17) is 11.5 Å². The van der Waals surface area contributed by atoms with Gasteiger partial charge in [-0.2, -0.15) is 0 Å². The maximum absolute atomic E-state index is 11.3. The Bertz CT molecular complexity index is 445. The monoisotopic (exact) mass is 236 g/mol. The summed E-state index contributed by atoms with van der Waals surface area (Å²) in [6, 6.07) is 4.88. The number of hydrogen-bond donors (Lipinski definition) is 3. The van der Waals surface area contributed by atoms with Gasteiger partial charge in [-0.1, -0.05) is 6.07 Å². The minimum atomic E-state index is -0.573.